The van der Waals surface area contributed by atoms with Gasteiger partial charge in [-0.05, 0) is 37.5 Å². The largest absolute Gasteiger partial charge is 0.140 e. The molecule has 0 bridgehead atoms. The minimum absolute atomic E-state index is 1.14. The van der Waals surface area contributed by atoms with E-state index < -0.39 is 0 Å². The summed E-state index contributed by atoms with van der Waals surface area (Å²) in [5.41, 5.74) is 4.11. The van der Waals surface area contributed by atoms with Gasteiger partial charge in [0, 0.05) is 9.75 Å². The smallest absolute Gasteiger partial charge is 0.0348 e. The first kappa shape index (κ1) is 10.4. The van der Waals surface area contributed by atoms with Crippen LogP contribution in [-0.4, -0.2) is 0 Å². The van der Waals surface area contributed by atoms with Crippen molar-refractivity contribution in [2.24, 2.45) is 0 Å². The fourth-order valence-electron chi connectivity index (χ4n) is 1.81. The summed E-state index contributed by atoms with van der Waals surface area (Å²) in [6.45, 7) is 6.57. The van der Waals surface area contributed by atoms with Crippen LogP contribution in [0.5, 0.6) is 0 Å². The van der Waals surface area contributed by atoms with Crippen LogP contribution >= 0.6 is 11.3 Å². The molecule has 2 rings (SSSR count). The molecular weight excluding hydrogens is 200 g/mol. The number of hydrogen-bond acceptors (Lipinski definition) is 1. The summed E-state index contributed by atoms with van der Waals surface area (Å²) in [5, 5.41) is 0. The maximum Gasteiger partial charge on any atom is 0.0348 e. The van der Waals surface area contributed by atoms with Gasteiger partial charge in [-0.15, -0.1) is 11.3 Å². The highest BCUT2D eigenvalue weighted by Crippen LogP contribution is 2.31. The molecule has 1 heteroatoms. The first-order chi connectivity index (χ1) is 7.20. The van der Waals surface area contributed by atoms with Gasteiger partial charge in [-0.25, -0.2) is 0 Å². The summed E-state index contributed by atoms with van der Waals surface area (Å²) < 4.78 is 0. The second-order valence-electron chi connectivity index (χ2n) is 3.94. The lowest BCUT2D eigenvalue weighted by atomic mass is 10.1. The average Bonchev–Trinajstić information content (AvgIpc) is 2.60. The third-order valence-corrected chi connectivity index (χ3v) is 4.07. The molecule has 1 aromatic heterocycles. The van der Waals surface area contributed by atoms with Gasteiger partial charge < -0.3 is 0 Å². The van der Waals surface area contributed by atoms with Crippen LogP contribution in [0.1, 0.15) is 22.9 Å². The predicted molar refractivity (Wildman–Crippen MR) is 68.6 cm³/mol. The lowest BCUT2D eigenvalue weighted by molar-refractivity contribution is 1.16. The molecule has 1 aromatic carbocycles. The van der Waals surface area contributed by atoms with E-state index in [0.717, 1.165) is 6.42 Å². The number of aryl methyl sites for hydroxylation is 3. The summed E-state index contributed by atoms with van der Waals surface area (Å²) in [6, 6.07) is 11.0. The molecule has 0 saturated heterocycles. The van der Waals surface area contributed by atoms with Gasteiger partial charge in [-0.1, -0.05) is 36.8 Å². The zero-order valence-electron chi connectivity index (χ0n) is 9.50. The molecular formula is C14H16S. The van der Waals surface area contributed by atoms with Gasteiger partial charge >= 0.3 is 0 Å². The van der Waals surface area contributed by atoms with Crippen molar-refractivity contribution in [2.45, 2.75) is 27.2 Å². The molecule has 0 amide bonds. The summed E-state index contributed by atoms with van der Waals surface area (Å²) in [6.07, 6.45) is 1.14. The Hall–Kier alpha value is -1.08. The average molecular weight is 216 g/mol. The molecule has 0 fully saturated rings. The van der Waals surface area contributed by atoms with Gasteiger partial charge in [0.05, 0.1) is 0 Å². The first-order valence-electron chi connectivity index (χ1n) is 5.37. The summed E-state index contributed by atoms with van der Waals surface area (Å²) in [4.78, 5) is 2.90. The van der Waals surface area contributed by atoms with E-state index in [9.17, 15) is 0 Å². The normalized spacial score (nSPS) is 10.6. The Morgan fingerprint density at radius 2 is 1.93 bits per heavy atom. The summed E-state index contributed by atoms with van der Waals surface area (Å²) >= 11 is 1.92. The highest BCUT2D eigenvalue weighted by Gasteiger charge is 2.05. The van der Waals surface area contributed by atoms with Crippen molar-refractivity contribution in [3.05, 3.63) is 46.3 Å². The van der Waals surface area contributed by atoms with Crippen LogP contribution in [0.3, 0.4) is 0 Å². The molecule has 78 valence electrons. The maximum absolute atomic E-state index is 2.30. The number of rotatable bonds is 2. The molecule has 0 N–H and O–H groups in total. The summed E-state index contributed by atoms with van der Waals surface area (Å²) in [5.74, 6) is 0. The van der Waals surface area contributed by atoms with Crippen LogP contribution in [-0.2, 0) is 6.42 Å². The standard InChI is InChI=1S/C14H16S/c1-4-13-11(3)9-14(15-13)12-7-5-6-10(2)8-12/h5-9H,4H2,1-3H3. The molecule has 0 atom stereocenters. The highest BCUT2D eigenvalue weighted by molar-refractivity contribution is 7.15. The Kier molecular flexibility index (Phi) is 2.92. The lowest BCUT2D eigenvalue weighted by Gasteiger charge is -1.98. The second kappa shape index (κ2) is 4.19. The first-order valence-corrected chi connectivity index (χ1v) is 6.18. The van der Waals surface area contributed by atoms with Crippen LogP contribution in [0.4, 0.5) is 0 Å². The van der Waals surface area contributed by atoms with E-state index in [-0.39, 0.29) is 0 Å². The van der Waals surface area contributed by atoms with E-state index >= 15 is 0 Å². The quantitative estimate of drug-likeness (QED) is 0.688. The topological polar surface area (TPSA) is 0 Å². The van der Waals surface area contributed by atoms with E-state index in [1.165, 1.54) is 26.4 Å². The molecule has 15 heavy (non-hydrogen) atoms. The molecule has 1 heterocycles. The van der Waals surface area contributed by atoms with Crippen molar-refractivity contribution in [1.29, 1.82) is 0 Å². The van der Waals surface area contributed by atoms with E-state index in [1.807, 2.05) is 11.3 Å². The third kappa shape index (κ3) is 2.13. The van der Waals surface area contributed by atoms with Gasteiger partial charge in [0.25, 0.3) is 0 Å². The Bertz CT molecular complexity index is 466. The van der Waals surface area contributed by atoms with Crippen molar-refractivity contribution in [2.75, 3.05) is 0 Å². The molecule has 0 nitrogen and oxygen atoms in total. The lowest BCUT2D eigenvalue weighted by Crippen LogP contribution is -1.74. The molecule has 0 aliphatic heterocycles. The Balaban J connectivity index is 2.45. The van der Waals surface area contributed by atoms with Gasteiger partial charge in [0.15, 0.2) is 0 Å². The zero-order chi connectivity index (χ0) is 10.8. The van der Waals surface area contributed by atoms with Crippen LogP contribution < -0.4 is 0 Å². The Morgan fingerprint density at radius 3 is 2.53 bits per heavy atom. The number of hydrogen-bond donors (Lipinski definition) is 0. The minimum Gasteiger partial charge on any atom is -0.140 e. The van der Waals surface area contributed by atoms with Crippen LogP contribution in [0.2, 0.25) is 0 Å². The molecule has 0 spiro atoms. The van der Waals surface area contributed by atoms with Crippen LogP contribution in [0, 0.1) is 13.8 Å². The molecule has 0 aliphatic rings. The zero-order valence-corrected chi connectivity index (χ0v) is 10.3. The SMILES string of the molecule is CCc1sc(-c2cccc(C)c2)cc1C. The van der Waals surface area contributed by atoms with Crippen molar-refractivity contribution in [3.8, 4) is 10.4 Å². The maximum atomic E-state index is 2.30. The Morgan fingerprint density at radius 1 is 1.13 bits per heavy atom. The van der Waals surface area contributed by atoms with E-state index in [0.29, 0.717) is 0 Å². The fourth-order valence-corrected chi connectivity index (χ4v) is 2.92. The van der Waals surface area contributed by atoms with E-state index in [2.05, 4.69) is 51.1 Å². The van der Waals surface area contributed by atoms with E-state index in [1.54, 1.807) is 0 Å². The predicted octanol–water partition coefficient (Wildman–Crippen LogP) is 4.59. The molecule has 0 unspecified atom stereocenters. The van der Waals surface area contributed by atoms with Crippen molar-refractivity contribution >= 4 is 11.3 Å². The van der Waals surface area contributed by atoms with Crippen molar-refractivity contribution in [1.82, 2.24) is 0 Å². The monoisotopic (exact) mass is 216 g/mol. The second-order valence-corrected chi connectivity index (χ2v) is 5.08. The van der Waals surface area contributed by atoms with Gasteiger partial charge in [-0.3, -0.25) is 0 Å². The van der Waals surface area contributed by atoms with Crippen LogP contribution in [0.15, 0.2) is 30.3 Å². The number of benzene rings is 1. The van der Waals surface area contributed by atoms with Crippen LogP contribution in [0.25, 0.3) is 10.4 Å². The van der Waals surface area contributed by atoms with Crippen molar-refractivity contribution in [3.63, 3.8) is 0 Å². The molecule has 0 saturated carbocycles. The van der Waals surface area contributed by atoms with Gasteiger partial charge in [0.2, 0.25) is 0 Å². The summed E-state index contributed by atoms with van der Waals surface area (Å²) in [7, 11) is 0. The number of thiophene rings is 1. The molecule has 0 radical (unpaired) electrons. The van der Waals surface area contributed by atoms with Gasteiger partial charge in [-0.2, -0.15) is 0 Å². The highest BCUT2D eigenvalue weighted by atomic mass is 32.1. The van der Waals surface area contributed by atoms with Gasteiger partial charge in [0.1, 0.15) is 0 Å². The van der Waals surface area contributed by atoms with Crippen molar-refractivity contribution < 1.29 is 0 Å². The third-order valence-electron chi connectivity index (χ3n) is 2.64. The fraction of sp³-hybridized carbons (Fsp3) is 0.286. The van der Waals surface area contributed by atoms with E-state index in [4.69, 9.17) is 0 Å². The molecule has 0 aliphatic carbocycles. The minimum atomic E-state index is 1.14. The Labute approximate surface area is 95.6 Å². The molecule has 2 aromatic rings.